The van der Waals surface area contributed by atoms with Gasteiger partial charge in [-0.15, -0.1) is 11.3 Å². The summed E-state index contributed by atoms with van der Waals surface area (Å²) >= 11 is 1.55. The van der Waals surface area contributed by atoms with Gasteiger partial charge in [-0.25, -0.2) is 9.78 Å². The standard InChI is InChI=1S/C15H23F3N4O2S/c1-12-20-13(10-25-12)9-19-14(23)22-6-4-21(5-7-22)3-2-8-24-11-15(16,17)18/h10H,2-9,11H2,1H3,(H,19,23). The average molecular weight is 380 g/mol. The quantitative estimate of drug-likeness (QED) is 0.737. The topological polar surface area (TPSA) is 57.7 Å². The van der Waals surface area contributed by atoms with E-state index in [1.165, 1.54) is 0 Å². The summed E-state index contributed by atoms with van der Waals surface area (Å²) in [5.41, 5.74) is 0.855. The Morgan fingerprint density at radius 1 is 1.36 bits per heavy atom. The largest absolute Gasteiger partial charge is 0.411 e. The number of urea groups is 1. The second-order valence-corrected chi connectivity index (χ2v) is 6.93. The number of carbonyl (C=O) groups excluding carboxylic acids is 1. The minimum atomic E-state index is -4.27. The van der Waals surface area contributed by atoms with E-state index in [4.69, 9.17) is 0 Å². The molecule has 0 unspecified atom stereocenters. The Balaban J connectivity index is 1.57. The number of hydrogen-bond acceptors (Lipinski definition) is 5. The predicted octanol–water partition coefficient (Wildman–Crippen LogP) is 2.25. The van der Waals surface area contributed by atoms with Crippen molar-refractivity contribution in [3.05, 3.63) is 16.1 Å². The van der Waals surface area contributed by atoms with Crippen molar-refractivity contribution in [2.24, 2.45) is 0 Å². The maximum Gasteiger partial charge on any atom is 0.411 e. The van der Waals surface area contributed by atoms with Gasteiger partial charge in [-0.1, -0.05) is 0 Å². The lowest BCUT2D eigenvalue weighted by atomic mass is 10.3. The summed E-state index contributed by atoms with van der Waals surface area (Å²) in [7, 11) is 0. The summed E-state index contributed by atoms with van der Waals surface area (Å²) in [6, 6.07) is -0.112. The molecular weight excluding hydrogens is 357 g/mol. The zero-order chi connectivity index (χ0) is 18.3. The van der Waals surface area contributed by atoms with Gasteiger partial charge in [0.2, 0.25) is 0 Å². The van der Waals surface area contributed by atoms with Crippen molar-refractivity contribution < 1.29 is 22.7 Å². The van der Waals surface area contributed by atoms with E-state index in [9.17, 15) is 18.0 Å². The number of nitrogens with zero attached hydrogens (tertiary/aromatic N) is 3. The SMILES string of the molecule is Cc1nc(CNC(=O)N2CCN(CCCOCC(F)(F)F)CC2)cs1. The second-order valence-electron chi connectivity index (χ2n) is 5.87. The highest BCUT2D eigenvalue weighted by Crippen LogP contribution is 2.14. The molecule has 10 heteroatoms. The molecular formula is C15H23F3N4O2S. The minimum Gasteiger partial charge on any atom is -0.372 e. The normalized spacial score (nSPS) is 16.2. The highest BCUT2D eigenvalue weighted by atomic mass is 32.1. The van der Waals surface area contributed by atoms with Gasteiger partial charge in [0.15, 0.2) is 0 Å². The highest BCUT2D eigenvalue weighted by Gasteiger charge is 2.27. The van der Waals surface area contributed by atoms with Gasteiger partial charge in [0.1, 0.15) is 6.61 Å². The van der Waals surface area contributed by atoms with E-state index in [-0.39, 0.29) is 12.6 Å². The monoisotopic (exact) mass is 380 g/mol. The van der Waals surface area contributed by atoms with Crippen LogP contribution in [-0.4, -0.2) is 72.9 Å². The highest BCUT2D eigenvalue weighted by molar-refractivity contribution is 7.09. The zero-order valence-corrected chi connectivity index (χ0v) is 15.0. The number of piperazine rings is 1. The van der Waals surface area contributed by atoms with E-state index >= 15 is 0 Å². The van der Waals surface area contributed by atoms with Crippen LogP contribution in [0.25, 0.3) is 0 Å². The van der Waals surface area contributed by atoms with Crippen LogP contribution in [-0.2, 0) is 11.3 Å². The van der Waals surface area contributed by atoms with Crippen LogP contribution >= 0.6 is 11.3 Å². The first-order valence-electron chi connectivity index (χ1n) is 8.14. The number of amides is 2. The van der Waals surface area contributed by atoms with Crippen molar-refractivity contribution >= 4 is 17.4 Å². The molecule has 0 bridgehead atoms. The van der Waals surface area contributed by atoms with Gasteiger partial charge in [0, 0.05) is 44.7 Å². The Labute approximate surface area is 149 Å². The zero-order valence-electron chi connectivity index (χ0n) is 14.1. The van der Waals surface area contributed by atoms with Crippen molar-refractivity contribution in [1.82, 2.24) is 20.1 Å². The first kappa shape index (κ1) is 19.9. The van der Waals surface area contributed by atoms with E-state index in [2.05, 4.69) is 19.9 Å². The fourth-order valence-corrected chi connectivity index (χ4v) is 3.13. The smallest absolute Gasteiger partial charge is 0.372 e. The van der Waals surface area contributed by atoms with Crippen LogP contribution in [0.15, 0.2) is 5.38 Å². The van der Waals surface area contributed by atoms with Crippen LogP contribution in [0.2, 0.25) is 0 Å². The molecule has 1 N–H and O–H groups in total. The van der Waals surface area contributed by atoms with Crippen LogP contribution < -0.4 is 5.32 Å². The van der Waals surface area contributed by atoms with Gasteiger partial charge in [-0.3, -0.25) is 4.90 Å². The van der Waals surface area contributed by atoms with Crippen molar-refractivity contribution in [3.8, 4) is 0 Å². The van der Waals surface area contributed by atoms with E-state index in [1.807, 2.05) is 12.3 Å². The van der Waals surface area contributed by atoms with Gasteiger partial charge in [0.05, 0.1) is 17.2 Å². The van der Waals surface area contributed by atoms with Crippen LogP contribution in [0, 0.1) is 6.92 Å². The second kappa shape index (κ2) is 9.35. The Morgan fingerprint density at radius 2 is 2.08 bits per heavy atom. The number of thiazole rings is 1. The summed E-state index contributed by atoms with van der Waals surface area (Å²) in [6.45, 7) is 4.53. The molecule has 1 saturated heterocycles. The third-order valence-electron chi connectivity index (χ3n) is 3.78. The van der Waals surface area contributed by atoms with Gasteiger partial charge in [-0.05, 0) is 13.3 Å². The van der Waals surface area contributed by atoms with Crippen LogP contribution in [0.3, 0.4) is 0 Å². The van der Waals surface area contributed by atoms with E-state index < -0.39 is 12.8 Å². The number of ether oxygens (including phenoxy) is 1. The molecule has 2 heterocycles. The molecule has 142 valence electrons. The van der Waals surface area contributed by atoms with Crippen molar-refractivity contribution in [1.29, 1.82) is 0 Å². The van der Waals surface area contributed by atoms with Crippen molar-refractivity contribution in [2.45, 2.75) is 26.1 Å². The molecule has 1 aromatic rings. The first-order chi connectivity index (χ1) is 11.8. The van der Waals surface area contributed by atoms with Crippen LogP contribution in [0.1, 0.15) is 17.1 Å². The molecule has 0 saturated carbocycles. The summed E-state index contributed by atoms with van der Waals surface area (Å²) in [5, 5.41) is 5.75. The molecule has 0 aromatic carbocycles. The molecule has 0 atom stereocenters. The van der Waals surface area contributed by atoms with E-state index in [0.29, 0.717) is 45.7 Å². The summed E-state index contributed by atoms with van der Waals surface area (Å²) in [4.78, 5) is 20.3. The van der Waals surface area contributed by atoms with Crippen molar-refractivity contribution in [2.75, 3.05) is 45.9 Å². The summed E-state index contributed by atoms with van der Waals surface area (Å²) in [6.07, 6.45) is -3.72. The Hall–Kier alpha value is -1.39. The summed E-state index contributed by atoms with van der Waals surface area (Å²) in [5.74, 6) is 0. The number of alkyl halides is 3. The maximum atomic E-state index is 12.1. The number of nitrogens with one attached hydrogen (secondary N) is 1. The van der Waals surface area contributed by atoms with Crippen LogP contribution in [0.4, 0.5) is 18.0 Å². The molecule has 0 aliphatic carbocycles. The van der Waals surface area contributed by atoms with Gasteiger partial charge < -0.3 is 15.0 Å². The molecule has 6 nitrogen and oxygen atoms in total. The molecule has 2 amide bonds. The van der Waals surface area contributed by atoms with E-state index in [0.717, 1.165) is 10.7 Å². The average Bonchev–Trinajstić information content (AvgIpc) is 2.97. The number of hydrogen-bond donors (Lipinski definition) is 1. The van der Waals surface area contributed by atoms with Gasteiger partial charge in [0.25, 0.3) is 0 Å². The van der Waals surface area contributed by atoms with Gasteiger partial charge in [-0.2, -0.15) is 13.2 Å². The Bertz CT molecular complexity index is 545. The van der Waals surface area contributed by atoms with E-state index in [1.54, 1.807) is 16.2 Å². The number of carbonyl (C=O) groups is 1. The number of rotatable bonds is 7. The fourth-order valence-electron chi connectivity index (χ4n) is 2.52. The third-order valence-corrected chi connectivity index (χ3v) is 4.60. The lowest BCUT2D eigenvalue weighted by molar-refractivity contribution is -0.174. The van der Waals surface area contributed by atoms with Crippen LogP contribution in [0.5, 0.6) is 0 Å². The molecule has 0 spiro atoms. The first-order valence-corrected chi connectivity index (χ1v) is 9.02. The Kier molecular flexibility index (Phi) is 7.45. The molecule has 1 aromatic heterocycles. The molecule has 1 aliphatic heterocycles. The summed E-state index contributed by atoms with van der Waals surface area (Å²) < 4.78 is 40.4. The molecule has 1 fully saturated rings. The Morgan fingerprint density at radius 3 is 2.68 bits per heavy atom. The fraction of sp³-hybridized carbons (Fsp3) is 0.733. The van der Waals surface area contributed by atoms with Gasteiger partial charge >= 0.3 is 12.2 Å². The lowest BCUT2D eigenvalue weighted by Crippen LogP contribution is -2.51. The minimum absolute atomic E-state index is 0.0905. The molecule has 1 aliphatic rings. The number of aryl methyl sites for hydroxylation is 1. The lowest BCUT2D eigenvalue weighted by Gasteiger charge is -2.34. The molecule has 0 radical (unpaired) electrons. The maximum absolute atomic E-state index is 12.1. The molecule has 25 heavy (non-hydrogen) atoms. The predicted molar refractivity (Wildman–Crippen MR) is 88.6 cm³/mol. The third kappa shape index (κ3) is 7.57. The number of halogens is 3. The number of aromatic nitrogens is 1. The molecule has 2 rings (SSSR count). The van der Waals surface area contributed by atoms with Crippen molar-refractivity contribution in [3.63, 3.8) is 0 Å².